The van der Waals surface area contributed by atoms with Gasteiger partial charge in [0, 0.05) is 12.0 Å². The van der Waals surface area contributed by atoms with Crippen molar-refractivity contribution < 1.29 is 4.79 Å². The summed E-state index contributed by atoms with van der Waals surface area (Å²) in [4.78, 5) is 12.7. The van der Waals surface area contributed by atoms with E-state index in [2.05, 4.69) is 27.1 Å². The first-order chi connectivity index (χ1) is 8.36. The number of nitrogens with one attached hydrogen (secondary N) is 2. The molecular weight excluding hydrogens is 248 g/mol. The predicted octanol–water partition coefficient (Wildman–Crippen LogP) is 1.42. The van der Waals surface area contributed by atoms with Crippen molar-refractivity contribution in [2.75, 3.05) is 20.1 Å². The fraction of sp³-hybridized carbons (Fsp3) is 0.750. The first-order valence-electron chi connectivity index (χ1n) is 6.12. The van der Waals surface area contributed by atoms with Crippen molar-refractivity contribution >= 4 is 17.4 Å². The highest BCUT2D eigenvalue weighted by Crippen LogP contribution is 2.25. The van der Waals surface area contributed by atoms with Crippen LogP contribution in [0.4, 0.5) is 0 Å². The fourth-order valence-electron chi connectivity index (χ4n) is 1.60. The monoisotopic (exact) mass is 270 g/mol. The Kier molecular flexibility index (Phi) is 5.22. The Bertz CT molecular complexity index is 397. The standard InChI is InChI=1S/C12H22N4OS/c1-8(6-13-5)7-14-11(17)9-10(12(2,3)4)15-16-18-9/h8,13H,6-7H2,1-5H3,(H,14,17). The van der Waals surface area contributed by atoms with E-state index in [1.54, 1.807) is 0 Å². The summed E-state index contributed by atoms with van der Waals surface area (Å²) in [5.41, 5.74) is 0.613. The number of hydrogen-bond acceptors (Lipinski definition) is 5. The van der Waals surface area contributed by atoms with Gasteiger partial charge in [0.05, 0.1) is 5.69 Å². The largest absolute Gasteiger partial charge is 0.351 e. The second kappa shape index (κ2) is 6.24. The second-order valence-electron chi connectivity index (χ2n) is 5.57. The van der Waals surface area contributed by atoms with E-state index in [0.29, 0.717) is 17.3 Å². The maximum absolute atomic E-state index is 12.1. The third-order valence-electron chi connectivity index (χ3n) is 2.57. The fourth-order valence-corrected chi connectivity index (χ4v) is 2.39. The number of amides is 1. The second-order valence-corrected chi connectivity index (χ2v) is 6.33. The molecule has 0 aliphatic carbocycles. The van der Waals surface area contributed by atoms with Crippen LogP contribution in [-0.4, -0.2) is 35.6 Å². The van der Waals surface area contributed by atoms with E-state index in [1.807, 2.05) is 27.8 Å². The Morgan fingerprint density at radius 2 is 2.06 bits per heavy atom. The Morgan fingerprint density at radius 1 is 1.39 bits per heavy atom. The molecule has 1 amide bonds. The van der Waals surface area contributed by atoms with Crippen LogP contribution in [0.3, 0.4) is 0 Å². The Labute approximate surface area is 113 Å². The van der Waals surface area contributed by atoms with Crippen LogP contribution in [0, 0.1) is 5.92 Å². The zero-order valence-corrected chi connectivity index (χ0v) is 12.5. The van der Waals surface area contributed by atoms with Gasteiger partial charge in [-0.1, -0.05) is 32.2 Å². The van der Waals surface area contributed by atoms with Crippen LogP contribution in [0.1, 0.15) is 43.1 Å². The minimum Gasteiger partial charge on any atom is -0.351 e. The molecule has 1 aromatic rings. The van der Waals surface area contributed by atoms with Crippen LogP contribution < -0.4 is 10.6 Å². The van der Waals surface area contributed by atoms with Gasteiger partial charge in [0.25, 0.3) is 5.91 Å². The molecule has 0 spiro atoms. The van der Waals surface area contributed by atoms with Gasteiger partial charge in [0.15, 0.2) is 0 Å². The van der Waals surface area contributed by atoms with Crippen LogP contribution in [0.15, 0.2) is 0 Å². The molecule has 1 unspecified atom stereocenters. The van der Waals surface area contributed by atoms with E-state index >= 15 is 0 Å². The van der Waals surface area contributed by atoms with Gasteiger partial charge in [-0.25, -0.2) is 0 Å². The van der Waals surface area contributed by atoms with Crippen molar-refractivity contribution in [3.8, 4) is 0 Å². The molecule has 0 bridgehead atoms. The average molecular weight is 270 g/mol. The molecule has 0 aromatic carbocycles. The van der Waals surface area contributed by atoms with Crippen LogP contribution >= 0.6 is 11.5 Å². The summed E-state index contributed by atoms with van der Waals surface area (Å²) >= 11 is 1.16. The van der Waals surface area contributed by atoms with Crippen LogP contribution in [0.2, 0.25) is 0 Å². The minimum atomic E-state index is -0.156. The van der Waals surface area contributed by atoms with Crippen molar-refractivity contribution in [2.45, 2.75) is 33.1 Å². The summed E-state index contributed by atoms with van der Waals surface area (Å²) in [5.74, 6) is 0.329. The van der Waals surface area contributed by atoms with Gasteiger partial charge in [0.1, 0.15) is 4.88 Å². The number of aromatic nitrogens is 2. The lowest BCUT2D eigenvalue weighted by Crippen LogP contribution is -2.33. The molecule has 6 heteroatoms. The van der Waals surface area contributed by atoms with Crippen molar-refractivity contribution in [3.05, 3.63) is 10.6 Å². The first-order valence-corrected chi connectivity index (χ1v) is 6.89. The van der Waals surface area contributed by atoms with Crippen molar-refractivity contribution in [1.29, 1.82) is 0 Å². The van der Waals surface area contributed by atoms with E-state index in [-0.39, 0.29) is 11.3 Å². The van der Waals surface area contributed by atoms with Crippen LogP contribution in [0.5, 0.6) is 0 Å². The first kappa shape index (κ1) is 15.0. The summed E-state index contributed by atoms with van der Waals surface area (Å²) in [5, 5.41) is 10.1. The van der Waals surface area contributed by atoms with Crippen molar-refractivity contribution in [3.63, 3.8) is 0 Å². The zero-order chi connectivity index (χ0) is 13.8. The van der Waals surface area contributed by atoms with Gasteiger partial charge >= 0.3 is 0 Å². The highest BCUT2D eigenvalue weighted by Gasteiger charge is 2.26. The van der Waals surface area contributed by atoms with Crippen LogP contribution in [0.25, 0.3) is 0 Å². The maximum Gasteiger partial charge on any atom is 0.264 e. The van der Waals surface area contributed by atoms with Gasteiger partial charge in [0.2, 0.25) is 0 Å². The van der Waals surface area contributed by atoms with E-state index < -0.39 is 0 Å². The molecule has 0 saturated heterocycles. The SMILES string of the molecule is CNCC(C)CNC(=O)c1snnc1C(C)(C)C. The van der Waals surface area contributed by atoms with E-state index in [9.17, 15) is 4.79 Å². The van der Waals surface area contributed by atoms with Crippen molar-refractivity contribution in [1.82, 2.24) is 20.2 Å². The molecule has 0 aliphatic heterocycles. The van der Waals surface area contributed by atoms with Gasteiger partial charge in [-0.05, 0) is 31.0 Å². The normalized spacial score (nSPS) is 13.4. The zero-order valence-electron chi connectivity index (χ0n) is 11.7. The van der Waals surface area contributed by atoms with Gasteiger partial charge in [-0.3, -0.25) is 4.79 Å². The highest BCUT2D eigenvalue weighted by molar-refractivity contribution is 7.08. The molecule has 18 heavy (non-hydrogen) atoms. The Hall–Kier alpha value is -1.01. The molecule has 0 fully saturated rings. The Morgan fingerprint density at radius 3 is 2.61 bits per heavy atom. The lowest BCUT2D eigenvalue weighted by atomic mass is 9.91. The molecular formula is C12H22N4OS. The topological polar surface area (TPSA) is 66.9 Å². The molecule has 1 rings (SSSR count). The van der Waals surface area contributed by atoms with Gasteiger partial charge in [-0.15, -0.1) is 5.10 Å². The molecule has 2 N–H and O–H groups in total. The average Bonchev–Trinajstić information content (AvgIpc) is 2.74. The van der Waals surface area contributed by atoms with E-state index in [1.165, 1.54) is 0 Å². The number of nitrogens with zero attached hydrogens (tertiary/aromatic N) is 2. The minimum absolute atomic E-state index is 0.0714. The maximum atomic E-state index is 12.1. The summed E-state index contributed by atoms with van der Waals surface area (Å²) in [6, 6.07) is 0. The smallest absolute Gasteiger partial charge is 0.264 e. The molecule has 0 radical (unpaired) electrons. The lowest BCUT2D eigenvalue weighted by Gasteiger charge is -2.17. The van der Waals surface area contributed by atoms with Crippen molar-refractivity contribution in [2.24, 2.45) is 5.92 Å². The van der Waals surface area contributed by atoms with Gasteiger partial charge in [-0.2, -0.15) is 0 Å². The molecule has 1 atom stereocenters. The Balaban J connectivity index is 2.65. The predicted molar refractivity (Wildman–Crippen MR) is 74.0 cm³/mol. The number of carbonyl (C=O) groups excluding carboxylic acids is 1. The summed E-state index contributed by atoms with van der Waals surface area (Å²) in [6.07, 6.45) is 0. The van der Waals surface area contributed by atoms with Crippen LogP contribution in [-0.2, 0) is 5.41 Å². The molecule has 0 aliphatic rings. The third-order valence-corrected chi connectivity index (χ3v) is 3.29. The number of rotatable bonds is 5. The van der Waals surface area contributed by atoms with E-state index in [0.717, 1.165) is 23.8 Å². The molecule has 102 valence electrons. The summed E-state index contributed by atoms with van der Waals surface area (Å²) in [7, 11) is 1.91. The molecule has 1 heterocycles. The quantitative estimate of drug-likeness (QED) is 0.849. The molecule has 5 nitrogen and oxygen atoms in total. The molecule has 1 aromatic heterocycles. The van der Waals surface area contributed by atoms with Gasteiger partial charge < -0.3 is 10.6 Å². The summed E-state index contributed by atoms with van der Waals surface area (Å²) in [6.45, 7) is 9.72. The highest BCUT2D eigenvalue weighted by atomic mass is 32.1. The molecule has 0 saturated carbocycles. The van der Waals surface area contributed by atoms with E-state index in [4.69, 9.17) is 0 Å². The summed E-state index contributed by atoms with van der Waals surface area (Å²) < 4.78 is 3.89. The lowest BCUT2D eigenvalue weighted by molar-refractivity contribution is 0.0950. The number of carbonyl (C=O) groups is 1. The third kappa shape index (κ3) is 4.03. The number of hydrogen-bond donors (Lipinski definition) is 2.